The Bertz CT molecular complexity index is 1170. The molecule has 0 unspecified atom stereocenters. The van der Waals surface area contributed by atoms with Crippen molar-refractivity contribution in [1.29, 1.82) is 0 Å². The first-order valence-corrected chi connectivity index (χ1v) is 15.0. The van der Waals surface area contributed by atoms with Gasteiger partial charge >= 0.3 is 0 Å². The third-order valence-electron chi connectivity index (χ3n) is 7.56. The highest BCUT2D eigenvalue weighted by Crippen LogP contribution is 2.23. The second kappa shape index (κ2) is 19.2. The summed E-state index contributed by atoms with van der Waals surface area (Å²) in [5.41, 5.74) is 0. The van der Waals surface area contributed by atoms with E-state index in [2.05, 4.69) is 99.9 Å². The van der Waals surface area contributed by atoms with Gasteiger partial charge in [-0.2, -0.15) is 0 Å². The minimum Gasteiger partial charge on any atom is -0.492 e. The largest absolute Gasteiger partial charge is 0.492 e. The molecule has 0 aliphatic rings. The lowest BCUT2D eigenvalue weighted by molar-refractivity contribution is 0.223. The van der Waals surface area contributed by atoms with Crippen molar-refractivity contribution in [3.05, 3.63) is 46.8 Å². The van der Waals surface area contributed by atoms with Gasteiger partial charge in [0.05, 0.1) is 0 Å². The molecule has 0 N–H and O–H groups in total. The molecule has 0 saturated heterocycles. The number of ether oxygens (including phenoxy) is 2. The Labute approximate surface area is 255 Å². The Balaban J connectivity index is 0.00000400. The molecule has 0 aliphatic heterocycles. The molecule has 0 spiro atoms. The Hall–Kier alpha value is -1.98. The molecule has 0 aromatic heterocycles. The smallest absolute Gasteiger partial charge is 0.120 e. The van der Waals surface area contributed by atoms with E-state index in [-0.39, 0.29) is 24.8 Å². The second-order valence-corrected chi connectivity index (χ2v) is 9.98. The van der Waals surface area contributed by atoms with Crippen molar-refractivity contribution in [1.82, 2.24) is 9.80 Å². The van der Waals surface area contributed by atoms with E-state index in [1.165, 1.54) is 32.0 Å². The Morgan fingerprint density at radius 3 is 1.25 bits per heavy atom. The van der Waals surface area contributed by atoms with Crippen LogP contribution in [0.4, 0.5) is 0 Å². The first-order chi connectivity index (χ1) is 18.6. The Morgan fingerprint density at radius 1 is 0.550 bits per heavy atom. The van der Waals surface area contributed by atoms with Gasteiger partial charge in [-0.1, -0.05) is 78.7 Å². The average molecular weight is 592 g/mol. The molecule has 0 heterocycles. The van der Waals surface area contributed by atoms with E-state index in [0.717, 1.165) is 76.5 Å². The van der Waals surface area contributed by atoms with Crippen LogP contribution in [0, 0.1) is 0 Å². The van der Waals surface area contributed by atoms with E-state index >= 15 is 0 Å². The molecule has 0 bridgehead atoms. The molecular formula is C34H52Cl2N2O2. The van der Waals surface area contributed by atoms with Crippen LogP contribution in [0.5, 0.6) is 11.5 Å². The van der Waals surface area contributed by atoms with Gasteiger partial charge in [-0.05, 0) is 95.3 Å². The highest BCUT2D eigenvalue weighted by atomic mass is 35.5. The third-order valence-corrected chi connectivity index (χ3v) is 7.56. The predicted molar refractivity (Wildman–Crippen MR) is 181 cm³/mol. The summed E-state index contributed by atoms with van der Waals surface area (Å²) in [4.78, 5) is 4.79. The van der Waals surface area contributed by atoms with Crippen molar-refractivity contribution in [3.8, 4) is 11.5 Å². The van der Waals surface area contributed by atoms with Gasteiger partial charge in [0.25, 0.3) is 0 Å². The van der Waals surface area contributed by atoms with E-state index in [1.807, 2.05) is 0 Å². The number of halogens is 2. The lowest BCUT2D eigenvalue weighted by atomic mass is 9.95. The van der Waals surface area contributed by atoms with Crippen molar-refractivity contribution in [2.45, 2.75) is 67.2 Å². The zero-order valence-corrected chi connectivity index (χ0v) is 27.3. The van der Waals surface area contributed by atoms with E-state index in [9.17, 15) is 0 Å². The molecule has 40 heavy (non-hydrogen) atoms. The summed E-state index contributed by atoms with van der Waals surface area (Å²) in [5.74, 6) is 1.90. The molecule has 3 rings (SSSR count). The number of nitrogens with zero attached hydrogens (tertiary/aromatic N) is 2. The number of fused-ring (bicyclic) bond motifs is 2. The quantitative estimate of drug-likeness (QED) is 0.162. The molecule has 0 amide bonds. The highest BCUT2D eigenvalue weighted by molar-refractivity contribution is 6.01. The van der Waals surface area contributed by atoms with Crippen LogP contribution in [0.2, 0.25) is 0 Å². The number of rotatable bonds is 16. The summed E-state index contributed by atoms with van der Waals surface area (Å²) < 4.78 is 12.5. The van der Waals surface area contributed by atoms with Crippen LogP contribution in [-0.2, 0) is 0 Å². The van der Waals surface area contributed by atoms with Crippen molar-refractivity contribution in [3.63, 3.8) is 0 Å². The summed E-state index contributed by atoms with van der Waals surface area (Å²) in [6.45, 7) is 20.8. The molecule has 224 valence electrons. The molecule has 4 nitrogen and oxygen atoms in total. The first-order valence-electron chi connectivity index (χ1n) is 15.0. The van der Waals surface area contributed by atoms with Crippen LogP contribution < -0.4 is 19.9 Å². The van der Waals surface area contributed by atoms with E-state index < -0.39 is 0 Å². The molecule has 3 aromatic rings. The van der Waals surface area contributed by atoms with Crippen LogP contribution in [-0.4, -0.2) is 62.3 Å². The Morgan fingerprint density at radius 2 is 0.925 bits per heavy atom. The second-order valence-electron chi connectivity index (χ2n) is 9.98. The van der Waals surface area contributed by atoms with Crippen molar-refractivity contribution >= 4 is 58.5 Å². The number of hydrogen-bond donors (Lipinski definition) is 0. The molecule has 6 heteroatoms. The Kier molecular flexibility index (Phi) is 17.3. The summed E-state index contributed by atoms with van der Waals surface area (Å²) in [6.07, 6.45) is 9.18. The van der Waals surface area contributed by atoms with Gasteiger partial charge in [-0.25, -0.2) is 0 Å². The number of likely N-dealkylation sites (N-methyl/N-ethyl adjacent to an activating group) is 2. The summed E-state index contributed by atoms with van der Waals surface area (Å²) in [6, 6.07) is 13.3. The first kappa shape index (κ1) is 36.0. The van der Waals surface area contributed by atoms with Crippen molar-refractivity contribution in [2.75, 3.05) is 52.5 Å². The topological polar surface area (TPSA) is 24.9 Å². The van der Waals surface area contributed by atoms with Gasteiger partial charge in [0.1, 0.15) is 24.7 Å². The minimum absolute atomic E-state index is 0. The fourth-order valence-corrected chi connectivity index (χ4v) is 5.11. The molecule has 3 aromatic carbocycles. The third kappa shape index (κ3) is 9.55. The fraction of sp³-hybridized carbons (Fsp3) is 0.529. The van der Waals surface area contributed by atoms with Gasteiger partial charge < -0.3 is 19.3 Å². The predicted octanol–water partition coefficient (Wildman–Crippen LogP) is 7.44. The van der Waals surface area contributed by atoms with Crippen LogP contribution >= 0.6 is 24.8 Å². The van der Waals surface area contributed by atoms with Crippen LogP contribution in [0.1, 0.15) is 67.2 Å². The van der Waals surface area contributed by atoms with Crippen molar-refractivity contribution < 1.29 is 9.47 Å². The van der Waals surface area contributed by atoms with Gasteiger partial charge in [0, 0.05) is 13.1 Å². The van der Waals surface area contributed by atoms with E-state index in [0.29, 0.717) is 13.2 Å². The molecule has 0 radical (unpaired) electrons. The van der Waals surface area contributed by atoms with Gasteiger partial charge in [0.2, 0.25) is 0 Å². The SMILES string of the molecule is CCCC=c1c2ccc(OCCN(CC)CC)cc2c(=CCCC)c2ccc(OCCN(CC)CC)cc12.Cl.Cl. The molecule has 0 saturated carbocycles. The maximum Gasteiger partial charge on any atom is 0.120 e. The zero-order valence-electron chi connectivity index (χ0n) is 25.6. The standard InChI is InChI=1S/C34H50N2O2.2ClH/c1-7-13-15-29-31-19-17-28(38-24-22-36(11-5)12-6)26-34(31)30(16-14-8-2)32-20-18-27(25-33(29)32)37-23-21-35(9-3)10-4;;/h15-20,25-26H,7-14,21-24H2,1-6H3;2*1H. The normalized spacial score (nSPS) is 12.3. The minimum atomic E-state index is 0. The summed E-state index contributed by atoms with van der Waals surface area (Å²) >= 11 is 0. The maximum absolute atomic E-state index is 6.25. The van der Waals surface area contributed by atoms with E-state index in [4.69, 9.17) is 9.47 Å². The molecule has 0 fully saturated rings. The lowest BCUT2D eigenvalue weighted by Crippen LogP contribution is -2.28. The van der Waals surface area contributed by atoms with Crippen molar-refractivity contribution in [2.24, 2.45) is 0 Å². The lowest BCUT2D eigenvalue weighted by Gasteiger charge is -2.19. The van der Waals surface area contributed by atoms with Gasteiger partial charge in [-0.15, -0.1) is 24.8 Å². The summed E-state index contributed by atoms with van der Waals surface area (Å²) in [7, 11) is 0. The summed E-state index contributed by atoms with van der Waals surface area (Å²) in [5, 5.41) is 7.78. The molecular weight excluding hydrogens is 539 g/mol. The molecule has 0 aliphatic carbocycles. The van der Waals surface area contributed by atoms with Crippen LogP contribution in [0.15, 0.2) is 36.4 Å². The number of benzene rings is 3. The highest BCUT2D eigenvalue weighted by Gasteiger charge is 2.10. The van der Waals surface area contributed by atoms with E-state index in [1.54, 1.807) is 0 Å². The van der Waals surface area contributed by atoms with Crippen LogP contribution in [0.3, 0.4) is 0 Å². The number of unbranched alkanes of at least 4 members (excludes halogenated alkanes) is 2. The van der Waals surface area contributed by atoms with Gasteiger partial charge in [-0.3, -0.25) is 0 Å². The van der Waals surface area contributed by atoms with Crippen LogP contribution in [0.25, 0.3) is 33.7 Å². The average Bonchev–Trinajstić information content (AvgIpc) is 2.95. The maximum atomic E-state index is 6.25. The van der Waals surface area contributed by atoms with Gasteiger partial charge in [0.15, 0.2) is 0 Å². The fourth-order valence-electron chi connectivity index (χ4n) is 5.11. The zero-order chi connectivity index (χ0) is 27.3. The molecule has 0 atom stereocenters. The monoisotopic (exact) mass is 590 g/mol. The number of hydrogen-bond acceptors (Lipinski definition) is 4.